The zero-order valence-electron chi connectivity index (χ0n) is 9.14. The number of nitro groups is 1. The summed E-state index contributed by atoms with van der Waals surface area (Å²) in [7, 11) is 0. The summed E-state index contributed by atoms with van der Waals surface area (Å²) >= 11 is 0. The van der Waals surface area contributed by atoms with Gasteiger partial charge in [-0.3, -0.25) is 15.5 Å². The van der Waals surface area contributed by atoms with E-state index in [-0.39, 0.29) is 18.0 Å². The second-order valence-corrected chi connectivity index (χ2v) is 3.53. The van der Waals surface area contributed by atoms with E-state index in [1.165, 1.54) is 6.07 Å². The Hall–Kier alpha value is -2.18. The number of halogens is 1. The van der Waals surface area contributed by atoms with Gasteiger partial charge in [-0.15, -0.1) is 0 Å². The highest BCUT2D eigenvalue weighted by molar-refractivity contribution is 5.77. The van der Waals surface area contributed by atoms with Crippen LogP contribution in [0.2, 0.25) is 0 Å². The fraction of sp³-hybridized carbons (Fsp3) is 0.300. The van der Waals surface area contributed by atoms with Gasteiger partial charge in [0, 0.05) is 6.42 Å². The molecule has 0 saturated carbocycles. The number of nitrogens with zero attached hydrogens (tertiary/aromatic N) is 1. The summed E-state index contributed by atoms with van der Waals surface area (Å²) in [4.78, 5) is 9.95. The van der Waals surface area contributed by atoms with E-state index in [9.17, 15) is 14.5 Å². The van der Waals surface area contributed by atoms with E-state index in [1.807, 2.05) is 0 Å². The van der Waals surface area contributed by atoms with E-state index in [4.69, 9.17) is 15.9 Å². The van der Waals surface area contributed by atoms with Crippen molar-refractivity contribution in [3.63, 3.8) is 0 Å². The molecule has 6 nitrogen and oxygen atoms in total. The summed E-state index contributed by atoms with van der Waals surface area (Å²) in [5.74, 6) is -0.823. The molecule has 0 aliphatic carbocycles. The van der Waals surface area contributed by atoms with E-state index >= 15 is 0 Å². The van der Waals surface area contributed by atoms with Crippen molar-refractivity contribution < 1.29 is 14.1 Å². The first kappa shape index (κ1) is 12.9. The minimum Gasteiger partial charge on any atom is -0.483 e. The molecular formula is C10H12FN3O3. The van der Waals surface area contributed by atoms with Gasteiger partial charge in [-0.2, -0.15) is 0 Å². The first-order valence-corrected chi connectivity index (χ1v) is 4.83. The van der Waals surface area contributed by atoms with Crippen LogP contribution < -0.4 is 10.5 Å². The number of rotatable bonds is 5. The Morgan fingerprint density at radius 2 is 2.35 bits per heavy atom. The van der Waals surface area contributed by atoms with Crippen molar-refractivity contribution >= 4 is 11.5 Å². The third-order valence-corrected chi connectivity index (χ3v) is 1.95. The van der Waals surface area contributed by atoms with Crippen molar-refractivity contribution in [1.82, 2.24) is 0 Å². The summed E-state index contributed by atoms with van der Waals surface area (Å²) in [6.45, 7) is 1.62. The first-order chi connectivity index (χ1) is 7.90. The maximum absolute atomic E-state index is 12.8. The van der Waals surface area contributed by atoms with Gasteiger partial charge in [0.15, 0.2) is 5.75 Å². The van der Waals surface area contributed by atoms with E-state index in [0.717, 1.165) is 12.1 Å². The normalized spacial score (nSPS) is 11.9. The summed E-state index contributed by atoms with van der Waals surface area (Å²) in [5.41, 5.74) is 4.73. The Labute approximate surface area is 96.8 Å². The maximum Gasteiger partial charge on any atom is 0.313 e. The van der Waals surface area contributed by atoms with E-state index < -0.39 is 22.5 Å². The van der Waals surface area contributed by atoms with Crippen molar-refractivity contribution in [2.45, 2.75) is 19.4 Å². The first-order valence-electron chi connectivity index (χ1n) is 4.83. The van der Waals surface area contributed by atoms with Gasteiger partial charge in [-0.05, 0) is 19.1 Å². The highest BCUT2D eigenvalue weighted by Crippen LogP contribution is 2.28. The standard InChI is InChI=1S/C10H12FN3O3/c1-6(4-10(12)13)17-9-3-2-7(11)5-8(9)14(15)16/h2-3,5-6H,4H2,1H3,(H3,12,13). The van der Waals surface area contributed by atoms with Crippen molar-refractivity contribution in [3.05, 3.63) is 34.1 Å². The number of nitrogens with two attached hydrogens (primary N) is 1. The molecule has 1 unspecified atom stereocenters. The lowest BCUT2D eigenvalue weighted by molar-refractivity contribution is -0.386. The molecule has 0 spiro atoms. The van der Waals surface area contributed by atoms with Gasteiger partial charge >= 0.3 is 5.69 Å². The van der Waals surface area contributed by atoms with Gasteiger partial charge in [0.05, 0.1) is 16.8 Å². The molecule has 0 aliphatic heterocycles. The van der Waals surface area contributed by atoms with Crippen LogP contribution in [0.15, 0.2) is 18.2 Å². The third-order valence-electron chi connectivity index (χ3n) is 1.95. The van der Waals surface area contributed by atoms with Gasteiger partial charge in [0.1, 0.15) is 11.9 Å². The van der Waals surface area contributed by atoms with Crippen LogP contribution in [-0.2, 0) is 0 Å². The second kappa shape index (κ2) is 5.24. The molecule has 1 rings (SSSR count). The smallest absolute Gasteiger partial charge is 0.313 e. The number of hydrogen-bond acceptors (Lipinski definition) is 4. The lowest BCUT2D eigenvalue weighted by atomic mass is 10.2. The Bertz CT molecular complexity index is 450. The summed E-state index contributed by atoms with van der Waals surface area (Å²) in [5, 5.41) is 17.7. The highest BCUT2D eigenvalue weighted by atomic mass is 19.1. The van der Waals surface area contributed by atoms with Crippen LogP contribution in [0.5, 0.6) is 5.75 Å². The highest BCUT2D eigenvalue weighted by Gasteiger charge is 2.18. The minimum absolute atomic E-state index is 0.0369. The van der Waals surface area contributed by atoms with Crippen molar-refractivity contribution in [3.8, 4) is 5.75 Å². The fourth-order valence-corrected chi connectivity index (χ4v) is 1.30. The number of nitrogens with one attached hydrogen (secondary N) is 1. The summed E-state index contributed by atoms with van der Waals surface area (Å²) < 4.78 is 18.1. The molecular weight excluding hydrogens is 229 g/mol. The van der Waals surface area contributed by atoms with Crippen LogP contribution in [0.3, 0.4) is 0 Å². The molecule has 0 amide bonds. The molecule has 0 heterocycles. The number of nitro benzene ring substituents is 1. The molecule has 0 fully saturated rings. The average molecular weight is 241 g/mol. The lowest BCUT2D eigenvalue weighted by Crippen LogP contribution is -2.22. The van der Waals surface area contributed by atoms with Gasteiger partial charge in [-0.1, -0.05) is 0 Å². The molecule has 1 aromatic rings. The van der Waals surface area contributed by atoms with Crippen LogP contribution in [0.4, 0.5) is 10.1 Å². The van der Waals surface area contributed by atoms with E-state index in [0.29, 0.717) is 0 Å². The van der Waals surface area contributed by atoms with Crippen molar-refractivity contribution in [1.29, 1.82) is 5.41 Å². The quantitative estimate of drug-likeness (QED) is 0.355. The Morgan fingerprint density at radius 1 is 1.71 bits per heavy atom. The molecule has 7 heteroatoms. The minimum atomic E-state index is -0.723. The molecule has 0 bridgehead atoms. The summed E-state index contributed by atoms with van der Waals surface area (Å²) in [6.07, 6.45) is -0.342. The SMILES string of the molecule is CC(CC(=N)N)Oc1ccc(F)cc1[N+](=O)[O-]. The molecule has 0 aliphatic rings. The molecule has 0 aromatic heterocycles. The monoisotopic (exact) mass is 241 g/mol. The maximum atomic E-state index is 12.8. The Kier molecular flexibility index (Phi) is 3.97. The van der Waals surface area contributed by atoms with Crippen LogP contribution in [-0.4, -0.2) is 16.9 Å². The molecule has 3 N–H and O–H groups in total. The third kappa shape index (κ3) is 3.71. The predicted octanol–water partition coefficient (Wildman–Crippen LogP) is 1.83. The largest absolute Gasteiger partial charge is 0.483 e. The molecule has 1 atom stereocenters. The second-order valence-electron chi connectivity index (χ2n) is 3.53. The zero-order chi connectivity index (χ0) is 13.0. The molecule has 92 valence electrons. The van der Waals surface area contributed by atoms with Crippen LogP contribution in [0.1, 0.15) is 13.3 Å². The Morgan fingerprint density at radius 3 is 2.88 bits per heavy atom. The van der Waals surface area contributed by atoms with Gasteiger partial charge < -0.3 is 10.5 Å². The molecule has 17 heavy (non-hydrogen) atoms. The molecule has 0 saturated heterocycles. The van der Waals surface area contributed by atoms with Gasteiger partial charge in [0.25, 0.3) is 0 Å². The predicted molar refractivity (Wildman–Crippen MR) is 59.7 cm³/mol. The van der Waals surface area contributed by atoms with Gasteiger partial charge in [0.2, 0.25) is 0 Å². The van der Waals surface area contributed by atoms with Crippen molar-refractivity contribution in [2.24, 2.45) is 5.73 Å². The molecule has 0 radical (unpaired) electrons. The Balaban J connectivity index is 2.90. The van der Waals surface area contributed by atoms with E-state index in [2.05, 4.69) is 0 Å². The van der Waals surface area contributed by atoms with Gasteiger partial charge in [-0.25, -0.2) is 4.39 Å². The number of amidine groups is 1. The number of ether oxygens (including phenoxy) is 1. The lowest BCUT2D eigenvalue weighted by Gasteiger charge is -2.13. The number of hydrogen-bond donors (Lipinski definition) is 2. The van der Waals surface area contributed by atoms with Crippen LogP contribution in [0, 0.1) is 21.3 Å². The number of benzene rings is 1. The molecule has 1 aromatic carbocycles. The summed E-state index contributed by atoms with van der Waals surface area (Å²) in [6, 6.07) is 3.04. The van der Waals surface area contributed by atoms with Crippen molar-refractivity contribution in [2.75, 3.05) is 0 Å². The zero-order valence-corrected chi connectivity index (χ0v) is 9.14. The average Bonchev–Trinajstić information content (AvgIpc) is 2.19. The van der Waals surface area contributed by atoms with Crippen LogP contribution in [0.25, 0.3) is 0 Å². The van der Waals surface area contributed by atoms with E-state index in [1.54, 1.807) is 6.92 Å². The van der Waals surface area contributed by atoms with Crippen LogP contribution >= 0.6 is 0 Å². The topological polar surface area (TPSA) is 102 Å². The fourth-order valence-electron chi connectivity index (χ4n) is 1.30.